The minimum absolute atomic E-state index is 0.0437. The Labute approximate surface area is 646 Å². The molecule has 3 aromatic heterocycles. The Morgan fingerprint density at radius 3 is 0.964 bits per heavy atom. The molecule has 0 saturated heterocycles. The molecule has 0 aliphatic carbocycles. The molecule has 33 heteroatoms. The third-order valence-corrected chi connectivity index (χ3v) is 18.4. The summed E-state index contributed by atoms with van der Waals surface area (Å²) in [5.74, 6) is -10.5. The molecule has 4 aromatic rings. The van der Waals surface area contributed by atoms with E-state index in [2.05, 4.69) is 83.4 Å². The average molecular weight is 1540 g/mol. The molecule has 614 valence electrons. The number of fused-ring (bicyclic) bond motifs is 1. The van der Waals surface area contributed by atoms with E-state index in [9.17, 15) is 53.1 Å². The van der Waals surface area contributed by atoms with Gasteiger partial charge in [-0.15, -0.1) is 0 Å². The maximum atomic E-state index is 15.2. The number of aliphatic carboxylic acids is 1. The molecule has 0 saturated carbocycles. The molecule has 0 spiro atoms. The van der Waals surface area contributed by atoms with E-state index in [4.69, 9.17) is 22.9 Å². The maximum Gasteiger partial charge on any atom is 0.326 e. The standard InChI is InChI=1S/C77H128N20O13/c1-43(2)29-57(69(101)89-58(30-44(3)4)70(102)91-60(32-46(7)8)72(104)93-62(34-48(11)12)74(106)97-65(77(109)110)37-51-40-83-42-86-51)90-71(103)59(31-45(5)6)92-73(105)61(33-47(9)10)94-75(107)63(35-49-38-84-54-23-14-13-21-52(49)54)95-76(108)64(36-50-39-82-41-85-50)96-68(100)56(25-17-20-28-80)88-67(99)55(24-16-19-27-79)87-66(98)53(81)22-15-18-26-78/h13-14,21,23,38-48,53,55-65,84H,15-20,22,24-37,78-81H2,1-12H3,(H,82,85)(H,83,86)(H,87,98)(H,88,99)(H,89,101)(H,90,103)(H,91,102)(H,92,105)(H,93,104)(H,94,107)(H,95,108)(H,96,100)(H,97,106)(H,109,110)/t53-,55-,56-,57-,58-,59-,60-,61-,62-,63-,64-,65-/m0/s1. The number of para-hydroxylation sites is 1. The summed E-state index contributed by atoms with van der Waals surface area (Å²) in [4.78, 5) is 189. The van der Waals surface area contributed by atoms with Crippen LogP contribution < -0.4 is 81.4 Å². The number of carboxylic acid groups (broad SMARTS) is 1. The van der Waals surface area contributed by atoms with Crippen LogP contribution in [0.15, 0.2) is 55.5 Å². The second-order valence-corrected chi connectivity index (χ2v) is 31.4. The van der Waals surface area contributed by atoms with Gasteiger partial charge in [-0.3, -0.25) is 52.7 Å². The van der Waals surface area contributed by atoms with Gasteiger partial charge < -0.3 is 101 Å². The molecule has 0 radical (unpaired) electrons. The topological polar surface area (TPSA) is 535 Å². The molecule has 33 nitrogen and oxygen atoms in total. The summed E-state index contributed by atoms with van der Waals surface area (Å²) in [5, 5.41) is 41.6. The van der Waals surface area contributed by atoms with Gasteiger partial charge in [0.1, 0.15) is 66.5 Å². The number of carbonyl (C=O) groups is 12. The normalized spacial score (nSPS) is 14.9. The Morgan fingerprint density at radius 2 is 0.636 bits per heavy atom. The molecule has 0 aliphatic heterocycles. The van der Waals surface area contributed by atoms with Crippen molar-refractivity contribution in [3.8, 4) is 0 Å². The van der Waals surface area contributed by atoms with Gasteiger partial charge in [-0.2, -0.15) is 0 Å². The lowest BCUT2D eigenvalue weighted by molar-refractivity contribution is -0.142. The summed E-state index contributed by atoms with van der Waals surface area (Å²) in [5.41, 5.74) is 25.8. The summed E-state index contributed by atoms with van der Waals surface area (Å²) in [6, 6.07) is -7.72. The van der Waals surface area contributed by atoms with Crippen LogP contribution in [0.3, 0.4) is 0 Å². The number of nitrogens with two attached hydrogens (primary N) is 4. The Kier molecular flexibility index (Phi) is 40.9. The predicted molar refractivity (Wildman–Crippen MR) is 419 cm³/mol. The molecule has 11 amide bonds. The first-order chi connectivity index (χ1) is 52.1. The van der Waals surface area contributed by atoms with E-state index in [1.54, 1.807) is 6.20 Å². The van der Waals surface area contributed by atoms with E-state index in [1.165, 1.54) is 25.0 Å². The van der Waals surface area contributed by atoms with E-state index in [1.807, 2.05) is 107 Å². The number of H-pyrrole nitrogens is 3. The zero-order chi connectivity index (χ0) is 81.7. The molecule has 3 heterocycles. The number of carboxylic acids is 1. The van der Waals surface area contributed by atoms with Gasteiger partial charge in [0.15, 0.2) is 0 Å². The second kappa shape index (κ2) is 48.3. The average Bonchev–Trinajstić information content (AvgIpc) is 1.70. The first-order valence-electron chi connectivity index (χ1n) is 39.1. The zero-order valence-corrected chi connectivity index (χ0v) is 66.5. The lowest BCUT2D eigenvalue weighted by Gasteiger charge is -2.30. The Morgan fingerprint density at radius 1 is 0.355 bits per heavy atom. The van der Waals surface area contributed by atoms with Crippen LogP contribution in [0.4, 0.5) is 0 Å². The van der Waals surface area contributed by atoms with E-state index < -0.39 is 143 Å². The van der Waals surface area contributed by atoms with Gasteiger partial charge in [0.25, 0.3) is 0 Å². The molecule has 4 rings (SSSR count). The number of aromatic amines is 3. The Balaban J connectivity index is 1.65. The third kappa shape index (κ3) is 33.5. The first-order valence-corrected chi connectivity index (χ1v) is 39.1. The summed E-state index contributed by atoms with van der Waals surface area (Å²) in [7, 11) is 0. The van der Waals surface area contributed by atoms with E-state index in [0.29, 0.717) is 75.0 Å². The fourth-order valence-corrected chi connectivity index (χ4v) is 12.8. The van der Waals surface area contributed by atoms with Crippen molar-refractivity contribution in [2.75, 3.05) is 19.6 Å². The van der Waals surface area contributed by atoms with Gasteiger partial charge in [-0.25, -0.2) is 14.8 Å². The van der Waals surface area contributed by atoms with Crippen molar-refractivity contribution in [3.63, 3.8) is 0 Å². The van der Waals surface area contributed by atoms with Gasteiger partial charge in [0.2, 0.25) is 65.0 Å². The fraction of sp³-hybridized carbons (Fsp3) is 0.662. The molecule has 1 aromatic carbocycles. The van der Waals surface area contributed by atoms with Crippen LogP contribution in [-0.2, 0) is 76.8 Å². The number of amides is 11. The van der Waals surface area contributed by atoms with E-state index >= 15 is 9.59 Å². The molecule has 0 bridgehead atoms. The highest BCUT2D eigenvalue weighted by molar-refractivity contribution is 6.00. The highest BCUT2D eigenvalue weighted by Crippen LogP contribution is 2.22. The van der Waals surface area contributed by atoms with Crippen LogP contribution in [-0.4, -0.2) is 193 Å². The Bertz CT molecular complexity index is 3530. The lowest BCUT2D eigenvalue weighted by atomic mass is 9.97. The minimum Gasteiger partial charge on any atom is -0.480 e. The highest BCUT2D eigenvalue weighted by Gasteiger charge is 2.39. The van der Waals surface area contributed by atoms with Crippen LogP contribution in [0.1, 0.15) is 196 Å². The monoisotopic (exact) mass is 1540 g/mol. The molecule has 12 atom stereocenters. The van der Waals surface area contributed by atoms with Crippen LogP contribution in [0, 0.1) is 35.5 Å². The van der Waals surface area contributed by atoms with Gasteiger partial charge in [-0.1, -0.05) is 108 Å². The van der Waals surface area contributed by atoms with Crippen LogP contribution >= 0.6 is 0 Å². The number of carbonyl (C=O) groups excluding carboxylic acids is 11. The number of hydrogen-bond donors (Lipinski definition) is 19. The molecule has 0 fully saturated rings. The number of imidazole rings is 2. The highest BCUT2D eigenvalue weighted by atomic mass is 16.4. The largest absolute Gasteiger partial charge is 0.480 e. The van der Waals surface area contributed by atoms with Crippen molar-refractivity contribution in [1.29, 1.82) is 0 Å². The number of unbranched alkanes of at least 4 members (excludes halogenated alkanes) is 3. The molecule has 0 unspecified atom stereocenters. The van der Waals surface area contributed by atoms with Crippen LogP contribution in [0.2, 0.25) is 0 Å². The van der Waals surface area contributed by atoms with Crippen molar-refractivity contribution >= 4 is 81.9 Å². The number of benzene rings is 1. The molecule has 0 aliphatic rings. The van der Waals surface area contributed by atoms with Gasteiger partial charge in [-0.05, 0) is 157 Å². The quantitative estimate of drug-likeness (QED) is 0.0281. The third-order valence-electron chi connectivity index (χ3n) is 18.4. The van der Waals surface area contributed by atoms with Crippen LogP contribution in [0.25, 0.3) is 10.9 Å². The van der Waals surface area contributed by atoms with Crippen molar-refractivity contribution in [2.45, 2.75) is 271 Å². The number of nitrogens with one attached hydrogen (secondary N) is 14. The molecular weight excluding hydrogens is 1410 g/mol. The van der Waals surface area contributed by atoms with Gasteiger partial charge in [0, 0.05) is 60.1 Å². The zero-order valence-electron chi connectivity index (χ0n) is 66.5. The van der Waals surface area contributed by atoms with E-state index in [0.717, 1.165) is 10.9 Å². The summed E-state index contributed by atoms with van der Waals surface area (Å²) < 4.78 is 0. The summed E-state index contributed by atoms with van der Waals surface area (Å²) in [6.45, 7) is 23.1. The lowest BCUT2D eigenvalue weighted by Crippen LogP contribution is -2.61. The summed E-state index contributed by atoms with van der Waals surface area (Å²) >= 11 is 0. The van der Waals surface area contributed by atoms with Gasteiger partial charge >= 0.3 is 5.97 Å². The maximum absolute atomic E-state index is 15.2. The van der Waals surface area contributed by atoms with Crippen molar-refractivity contribution < 1.29 is 62.6 Å². The van der Waals surface area contributed by atoms with Gasteiger partial charge in [0.05, 0.1) is 18.7 Å². The van der Waals surface area contributed by atoms with Crippen molar-refractivity contribution in [1.82, 2.24) is 83.4 Å². The smallest absolute Gasteiger partial charge is 0.326 e. The van der Waals surface area contributed by atoms with Crippen molar-refractivity contribution in [2.24, 2.45) is 58.4 Å². The predicted octanol–water partition coefficient (Wildman–Crippen LogP) is 2.05. The number of hydrogen-bond acceptors (Lipinski definition) is 18. The SMILES string of the molecule is CC(C)C[C@H](NC(=O)[C@H](CC(C)C)NC(=O)[C@H](CC(C)C)NC(=O)[C@H](CC(C)C)NC(=O)[C@H](CC(C)C)NC(=O)[C@H](CC(C)C)NC(=O)[C@H](Cc1c[nH]c2ccccc12)NC(=O)[C@H](Cc1cnc[nH]1)NC(=O)[C@H](CCCCN)NC(=O)[C@H](CCCCN)NC(=O)[C@@H](N)CCCCN)C(=O)N[C@@H](Cc1cnc[nH]1)C(=O)O. The Hall–Kier alpha value is -9.34. The first kappa shape index (κ1) is 93.0. The molecule has 110 heavy (non-hydrogen) atoms. The fourth-order valence-electron chi connectivity index (χ4n) is 12.8. The second-order valence-electron chi connectivity index (χ2n) is 31.4. The number of rotatable bonds is 53. The molecular formula is C77H128N20O13. The number of aromatic nitrogens is 5. The minimum atomic E-state index is -1.44. The van der Waals surface area contributed by atoms with E-state index in [-0.39, 0.29) is 113 Å². The van der Waals surface area contributed by atoms with Crippen molar-refractivity contribution in [3.05, 3.63) is 72.5 Å². The molecule has 23 N–H and O–H groups in total. The summed E-state index contributed by atoms with van der Waals surface area (Å²) in [6.07, 6.45) is 11.2. The number of nitrogens with zero attached hydrogens (tertiary/aromatic N) is 2. The van der Waals surface area contributed by atoms with Crippen LogP contribution in [0.5, 0.6) is 0 Å².